The summed E-state index contributed by atoms with van der Waals surface area (Å²) in [4.78, 5) is 14.9. The van der Waals surface area contributed by atoms with E-state index in [-0.39, 0.29) is 17.8 Å². The smallest absolute Gasteiger partial charge is 0.157 e. The van der Waals surface area contributed by atoms with Crippen LogP contribution in [0.15, 0.2) is 18.2 Å². The van der Waals surface area contributed by atoms with Gasteiger partial charge in [0.25, 0.3) is 0 Å². The van der Waals surface area contributed by atoms with Crippen LogP contribution >= 0.6 is 0 Å². The maximum atomic E-state index is 13.7. The molecule has 0 bridgehead atoms. The normalized spacial score (nSPS) is 19.2. The lowest BCUT2D eigenvalue weighted by Crippen LogP contribution is -2.54. The van der Waals surface area contributed by atoms with E-state index in [1.807, 2.05) is 13.8 Å². The second-order valence-electron chi connectivity index (χ2n) is 6.01. The van der Waals surface area contributed by atoms with Crippen LogP contribution in [0.3, 0.4) is 0 Å². The molecule has 0 N–H and O–H groups in total. The molecule has 1 aromatic carbocycles. The molecule has 116 valence electrons. The first kappa shape index (κ1) is 16.1. The average molecular weight is 295 g/mol. The van der Waals surface area contributed by atoms with Crippen molar-refractivity contribution in [2.45, 2.75) is 51.5 Å². The van der Waals surface area contributed by atoms with Crippen molar-refractivity contribution < 1.29 is 13.6 Å². The van der Waals surface area contributed by atoms with Crippen LogP contribution in [0.2, 0.25) is 0 Å². The predicted molar refractivity (Wildman–Crippen MR) is 79.2 cm³/mol. The minimum absolute atomic E-state index is 0.0115. The molecule has 1 heterocycles. The number of ketones is 1. The van der Waals surface area contributed by atoms with Gasteiger partial charge in [-0.3, -0.25) is 9.69 Å². The number of carbonyl (C=O) groups excluding carboxylic acids is 1. The summed E-state index contributed by atoms with van der Waals surface area (Å²) in [7, 11) is 0. The fraction of sp³-hybridized carbons (Fsp3) is 0.588. The maximum absolute atomic E-state index is 13.7. The Balaban J connectivity index is 2.15. The molecule has 1 aliphatic heterocycles. The number of likely N-dealkylation sites (tertiary alicyclic amines) is 1. The van der Waals surface area contributed by atoms with Gasteiger partial charge < -0.3 is 0 Å². The molecule has 1 unspecified atom stereocenters. The molecule has 21 heavy (non-hydrogen) atoms. The monoisotopic (exact) mass is 295 g/mol. The van der Waals surface area contributed by atoms with Crippen molar-refractivity contribution in [3.8, 4) is 0 Å². The largest absolute Gasteiger partial charge is 0.297 e. The summed E-state index contributed by atoms with van der Waals surface area (Å²) in [5.74, 6) is -1.24. The minimum Gasteiger partial charge on any atom is -0.297 e. The highest BCUT2D eigenvalue weighted by atomic mass is 19.1. The lowest BCUT2D eigenvalue weighted by molar-refractivity contribution is -0.130. The zero-order chi connectivity index (χ0) is 15.5. The highest BCUT2D eigenvalue weighted by Gasteiger charge is 2.37. The summed E-state index contributed by atoms with van der Waals surface area (Å²) in [5, 5.41) is 0. The van der Waals surface area contributed by atoms with Gasteiger partial charge in [0.1, 0.15) is 11.6 Å². The molecule has 0 saturated carbocycles. The number of hydrogen-bond donors (Lipinski definition) is 0. The van der Waals surface area contributed by atoms with Crippen molar-refractivity contribution >= 4 is 5.78 Å². The van der Waals surface area contributed by atoms with Gasteiger partial charge in [-0.05, 0) is 50.9 Å². The van der Waals surface area contributed by atoms with E-state index in [1.165, 1.54) is 18.6 Å². The molecule has 1 saturated heterocycles. The lowest BCUT2D eigenvalue weighted by atomic mass is 9.85. The van der Waals surface area contributed by atoms with Crippen LogP contribution in [0.4, 0.5) is 8.78 Å². The highest BCUT2D eigenvalue weighted by Crippen LogP contribution is 2.27. The fourth-order valence-corrected chi connectivity index (χ4v) is 3.01. The number of carbonyl (C=O) groups is 1. The van der Waals surface area contributed by atoms with E-state index in [0.717, 1.165) is 32.0 Å². The average Bonchev–Trinajstić information content (AvgIpc) is 2.50. The Kier molecular flexibility index (Phi) is 5.09. The van der Waals surface area contributed by atoms with Crippen LogP contribution in [-0.4, -0.2) is 29.3 Å². The second kappa shape index (κ2) is 6.65. The van der Waals surface area contributed by atoms with Crippen LogP contribution in [0.25, 0.3) is 0 Å². The molecule has 0 amide bonds. The molecule has 2 rings (SSSR count). The van der Waals surface area contributed by atoms with Crippen molar-refractivity contribution in [3.63, 3.8) is 0 Å². The van der Waals surface area contributed by atoms with Crippen molar-refractivity contribution in [1.82, 2.24) is 4.90 Å². The van der Waals surface area contributed by atoms with Crippen LogP contribution in [0, 0.1) is 11.6 Å². The first-order chi connectivity index (χ1) is 9.97. The summed E-state index contributed by atoms with van der Waals surface area (Å²) < 4.78 is 26.7. The molecule has 2 nitrogen and oxygen atoms in total. The second-order valence-corrected chi connectivity index (χ2v) is 6.01. The third kappa shape index (κ3) is 3.49. The molecular formula is C17H23F2NO. The van der Waals surface area contributed by atoms with Crippen LogP contribution in [0.1, 0.15) is 45.1 Å². The van der Waals surface area contributed by atoms with Crippen molar-refractivity contribution in [1.29, 1.82) is 0 Å². The van der Waals surface area contributed by atoms with Crippen LogP contribution < -0.4 is 0 Å². The zero-order valence-electron chi connectivity index (χ0n) is 12.8. The van der Waals surface area contributed by atoms with Gasteiger partial charge >= 0.3 is 0 Å². The molecule has 1 aromatic rings. The molecular weight excluding hydrogens is 272 g/mol. The van der Waals surface area contributed by atoms with Gasteiger partial charge in [0.15, 0.2) is 5.78 Å². The number of Topliss-reactive ketones (excluding diaryl/α,β-unsaturated/α-hetero) is 1. The summed E-state index contributed by atoms with van der Waals surface area (Å²) >= 11 is 0. The van der Waals surface area contributed by atoms with E-state index in [4.69, 9.17) is 0 Å². The lowest BCUT2D eigenvalue weighted by Gasteiger charge is -2.42. The SMILES string of the molecule is CCC(C)(C(=O)Cc1ccc(F)cc1F)N1CCCCC1. The zero-order valence-corrected chi connectivity index (χ0v) is 12.8. The Morgan fingerprint density at radius 3 is 2.48 bits per heavy atom. The fourth-order valence-electron chi connectivity index (χ4n) is 3.01. The third-order valence-electron chi connectivity index (χ3n) is 4.71. The Bertz CT molecular complexity index is 512. The predicted octanol–water partition coefficient (Wildman–Crippen LogP) is 3.73. The van der Waals surface area contributed by atoms with Gasteiger partial charge in [-0.25, -0.2) is 8.78 Å². The van der Waals surface area contributed by atoms with Crippen molar-refractivity contribution in [3.05, 3.63) is 35.4 Å². The molecule has 1 aliphatic rings. The van der Waals surface area contributed by atoms with Crippen molar-refractivity contribution in [2.24, 2.45) is 0 Å². The number of halogens is 2. The molecule has 4 heteroatoms. The third-order valence-corrected chi connectivity index (χ3v) is 4.71. The minimum atomic E-state index is -0.638. The summed E-state index contributed by atoms with van der Waals surface area (Å²) in [6.07, 6.45) is 4.14. The van der Waals surface area contributed by atoms with E-state index < -0.39 is 17.2 Å². The Hall–Kier alpha value is -1.29. The molecule has 1 atom stereocenters. The number of hydrogen-bond acceptors (Lipinski definition) is 2. The van der Waals surface area contributed by atoms with Gasteiger partial charge in [0, 0.05) is 12.5 Å². The molecule has 0 aromatic heterocycles. The molecule has 1 fully saturated rings. The number of nitrogens with zero attached hydrogens (tertiary/aromatic N) is 1. The quantitative estimate of drug-likeness (QED) is 0.825. The van der Waals surface area contributed by atoms with E-state index in [0.29, 0.717) is 6.42 Å². The summed E-state index contributed by atoms with van der Waals surface area (Å²) in [5.41, 5.74) is -0.278. The van der Waals surface area contributed by atoms with Crippen molar-refractivity contribution in [2.75, 3.05) is 13.1 Å². The number of rotatable bonds is 5. The first-order valence-corrected chi connectivity index (χ1v) is 7.69. The Morgan fingerprint density at radius 1 is 1.24 bits per heavy atom. The summed E-state index contributed by atoms with van der Waals surface area (Å²) in [6, 6.07) is 3.41. The van der Waals surface area contributed by atoms with Crippen LogP contribution in [-0.2, 0) is 11.2 Å². The number of piperidine rings is 1. The number of benzene rings is 1. The van der Waals surface area contributed by atoms with Gasteiger partial charge in [0.05, 0.1) is 5.54 Å². The summed E-state index contributed by atoms with van der Waals surface area (Å²) in [6.45, 7) is 5.78. The van der Waals surface area contributed by atoms with E-state index in [1.54, 1.807) is 0 Å². The Morgan fingerprint density at radius 2 is 1.90 bits per heavy atom. The van der Waals surface area contributed by atoms with Gasteiger partial charge in [-0.2, -0.15) is 0 Å². The molecule has 0 spiro atoms. The van der Waals surface area contributed by atoms with Crippen LogP contribution in [0.5, 0.6) is 0 Å². The van der Waals surface area contributed by atoms with E-state index in [9.17, 15) is 13.6 Å². The molecule has 0 radical (unpaired) electrons. The van der Waals surface area contributed by atoms with Gasteiger partial charge in [-0.1, -0.05) is 19.4 Å². The first-order valence-electron chi connectivity index (χ1n) is 7.69. The topological polar surface area (TPSA) is 20.3 Å². The Labute approximate surface area is 125 Å². The van der Waals surface area contributed by atoms with E-state index >= 15 is 0 Å². The highest BCUT2D eigenvalue weighted by molar-refractivity contribution is 5.89. The van der Waals surface area contributed by atoms with Gasteiger partial charge in [-0.15, -0.1) is 0 Å². The van der Waals surface area contributed by atoms with E-state index in [2.05, 4.69) is 4.90 Å². The molecule has 0 aliphatic carbocycles. The van der Waals surface area contributed by atoms with Gasteiger partial charge in [0.2, 0.25) is 0 Å². The maximum Gasteiger partial charge on any atom is 0.157 e. The standard InChI is InChI=1S/C17H23F2NO/c1-3-17(2,20-9-5-4-6-10-20)16(21)11-13-7-8-14(18)12-15(13)19/h7-8,12H,3-6,9-11H2,1-2H3.